The Hall–Kier alpha value is -1.59. The average Bonchev–Trinajstić information content (AvgIpc) is 3.40. The summed E-state index contributed by atoms with van der Waals surface area (Å²) < 4.78 is 9.55. The van der Waals surface area contributed by atoms with Crippen LogP contribution >= 0.6 is 11.6 Å². The molecular weight excluding hydrogens is 318 g/mol. The van der Waals surface area contributed by atoms with Crippen molar-refractivity contribution in [3.8, 4) is 0 Å². The third-order valence-electron chi connectivity index (χ3n) is 4.48. The summed E-state index contributed by atoms with van der Waals surface area (Å²) in [5.74, 6) is -0.509. The average molecular weight is 340 g/mol. The molecule has 1 aromatic carbocycles. The van der Waals surface area contributed by atoms with Crippen LogP contribution in [0, 0.1) is 0 Å². The molecule has 1 aliphatic rings. The van der Waals surface area contributed by atoms with E-state index in [-0.39, 0.29) is 23.4 Å². The first-order chi connectivity index (χ1) is 11.0. The van der Waals surface area contributed by atoms with Gasteiger partial charge in [-0.15, -0.1) is 0 Å². The highest BCUT2D eigenvalue weighted by Crippen LogP contribution is 2.42. The van der Waals surface area contributed by atoms with Crippen molar-refractivity contribution in [2.75, 3.05) is 20.8 Å². The molecular formula is C17H22ClNO4. The third kappa shape index (κ3) is 4.45. The van der Waals surface area contributed by atoms with E-state index in [2.05, 4.69) is 5.32 Å². The number of carbonyl (C=O) groups excluding carboxylic acids is 2. The largest absolute Gasteiger partial charge is 0.469 e. The number of hydrogen-bond donors (Lipinski definition) is 1. The minimum atomic E-state index is -0.340. The van der Waals surface area contributed by atoms with Crippen molar-refractivity contribution in [2.45, 2.75) is 37.1 Å². The van der Waals surface area contributed by atoms with Crippen molar-refractivity contribution in [1.82, 2.24) is 5.32 Å². The molecule has 6 heteroatoms. The van der Waals surface area contributed by atoms with E-state index in [1.165, 1.54) is 14.2 Å². The number of esters is 2. The summed E-state index contributed by atoms with van der Waals surface area (Å²) in [4.78, 5) is 23.3. The summed E-state index contributed by atoms with van der Waals surface area (Å²) in [6.07, 6.45) is 1.77. The van der Waals surface area contributed by atoms with Gasteiger partial charge in [-0.3, -0.25) is 9.59 Å². The highest BCUT2D eigenvalue weighted by atomic mass is 35.5. The minimum Gasteiger partial charge on any atom is -0.469 e. The van der Waals surface area contributed by atoms with Crippen LogP contribution in [0.2, 0.25) is 5.02 Å². The monoisotopic (exact) mass is 339 g/mol. The molecule has 0 bridgehead atoms. The fourth-order valence-electron chi connectivity index (χ4n) is 3.07. The maximum absolute atomic E-state index is 11.6. The minimum absolute atomic E-state index is 0.218. The van der Waals surface area contributed by atoms with Crippen molar-refractivity contribution in [3.05, 3.63) is 34.9 Å². The first kappa shape index (κ1) is 17.8. The molecule has 126 valence electrons. The van der Waals surface area contributed by atoms with Gasteiger partial charge in [0, 0.05) is 35.9 Å². The molecule has 1 N–H and O–H groups in total. The molecule has 0 amide bonds. The predicted octanol–water partition coefficient (Wildman–Crippen LogP) is 2.46. The highest BCUT2D eigenvalue weighted by Gasteiger charge is 2.46. The summed E-state index contributed by atoms with van der Waals surface area (Å²) in [6, 6.07) is 7.84. The maximum Gasteiger partial charge on any atom is 0.305 e. The number of methoxy groups -OCH3 is 2. The van der Waals surface area contributed by atoms with Gasteiger partial charge in [0.15, 0.2) is 0 Å². The third-order valence-corrected chi connectivity index (χ3v) is 4.72. The van der Waals surface area contributed by atoms with Crippen LogP contribution in [-0.4, -0.2) is 38.7 Å². The highest BCUT2D eigenvalue weighted by molar-refractivity contribution is 6.30. The molecule has 1 saturated heterocycles. The molecule has 0 radical (unpaired) electrons. The Morgan fingerprint density at radius 2 is 1.78 bits per heavy atom. The summed E-state index contributed by atoms with van der Waals surface area (Å²) >= 11 is 6.15. The van der Waals surface area contributed by atoms with E-state index in [0.717, 1.165) is 12.1 Å². The number of nitrogens with one attached hydrogen (secondary N) is 1. The predicted molar refractivity (Wildman–Crippen MR) is 87.4 cm³/mol. The first-order valence-electron chi connectivity index (χ1n) is 7.65. The Labute approximate surface area is 141 Å². The van der Waals surface area contributed by atoms with Crippen LogP contribution in [0.5, 0.6) is 0 Å². The molecule has 0 saturated carbocycles. The molecule has 0 aromatic heterocycles. The molecule has 1 fully saturated rings. The van der Waals surface area contributed by atoms with Gasteiger partial charge in [-0.2, -0.15) is 0 Å². The van der Waals surface area contributed by atoms with Gasteiger partial charge in [-0.25, -0.2) is 0 Å². The van der Waals surface area contributed by atoms with Crippen LogP contribution in [0.1, 0.15) is 31.2 Å². The van der Waals surface area contributed by atoms with Crippen molar-refractivity contribution in [3.63, 3.8) is 0 Å². The maximum atomic E-state index is 11.6. The zero-order chi connectivity index (χ0) is 16.9. The van der Waals surface area contributed by atoms with Gasteiger partial charge in [0.25, 0.3) is 0 Å². The molecule has 1 unspecified atom stereocenters. The molecule has 0 aliphatic carbocycles. The molecule has 1 atom stereocenters. The standard InChI is InChI=1S/C17H22ClNO4/c1-22-15(20)6-8-17(14-11-19-14,9-7-16(21)23-2)12-4-3-5-13(18)10-12/h3-5,10,14,19H,6-9,11H2,1-2H3. The van der Waals surface area contributed by atoms with Crippen molar-refractivity contribution in [1.29, 1.82) is 0 Å². The van der Waals surface area contributed by atoms with Gasteiger partial charge in [0.1, 0.15) is 0 Å². The van der Waals surface area contributed by atoms with E-state index < -0.39 is 0 Å². The fourth-order valence-corrected chi connectivity index (χ4v) is 3.26. The summed E-state index contributed by atoms with van der Waals surface area (Å²) in [5, 5.41) is 3.97. The topological polar surface area (TPSA) is 74.5 Å². The second kappa shape index (κ2) is 7.79. The SMILES string of the molecule is COC(=O)CCC(CCC(=O)OC)(c1cccc(Cl)c1)C1CN1. The molecule has 5 nitrogen and oxygen atoms in total. The number of halogens is 1. The summed E-state index contributed by atoms with van der Waals surface area (Å²) in [7, 11) is 2.76. The second-order valence-electron chi connectivity index (χ2n) is 5.78. The van der Waals surface area contributed by atoms with Crippen molar-refractivity contribution < 1.29 is 19.1 Å². The van der Waals surface area contributed by atoms with E-state index in [1.54, 1.807) is 0 Å². The first-order valence-corrected chi connectivity index (χ1v) is 8.02. The molecule has 1 aliphatic heterocycles. The van der Waals surface area contributed by atoms with E-state index >= 15 is 0 Å². The Morgan fingerprint density at radius 1 is 1.22 bits per heavy atom. The number of benzene rings is 1. The number of ether oxygens (including phenoxy) is 2. The Morgan fingerprint density at radius 3 is 2.22 bits per heavy atom. The smallest absolute Gasteiger partial charge is 0.305 e. The zero-order valence-corrected chi connectivity index (χ0v) is 14.2. The van der Waals surface area contributed by atoms with Gasteiger partial charge in [0.2, 0.25) is 0 Å². The number of carbonyl (C=O) groups is 2. The van der Waals surface area contributed by atoms with Crippen LogP contribution in [0.3, 0.4) is 0 Å². The molecule has 1 aromatic rings. The van der Waals surface area contributed by atoms with E-state index in [4.69, 9.17) is 21.1 Å². The van der Waals surface area contributed by atoms with E-state index in [9.17, 15) is 9.59 Å². The van der Waals surface area contributed by atoms with Crippen LogP contribution < -0.4 is 5.32 Å². The lowest BCUT2D eigenvalue weighted by molar-refractivity contribution is -0.141. The Balaban J connectivity index is 2.29. The molecule has 1 heterocycles. The summed E-state index contributed by atoms with van der Waals surface area (Å²) in [6.45, 7) is 0.856. The van der Waals surface area contributed by atoms with Gasteiger partial charge < -0.3 is 14.8 Å². The Kier molecular flexibility index (Phi) is 6.02. The van der Waals surface area contributed by atoms with Gasteiger partial charge in [-0.1, -0.05) is 23.7 Å². The molecule has 23 heavy (non-hydrogen) atoms. The van der Waals surface area contributed by atoms with Crippen LogP contribution in [0.4, 0.5) is 0 Å². The van der Waals surface area contributed by atoms with Crippen LogP contribution in [-0.2, 0) is 24.5 Å². The van der Waals surface area contributed by atoms with E-state index in [1.807, 2.05) is 24.3 Å². The fraction of sp³-hybridized carbons (Fsp3) is 0.529. The van der Waals surface area contributed by atoms with Gasteiger partial charge in [0.05, 0.1) is 14.2 Å². The Bertz CT molecular complexity index is 551. The van der Waals surface area contributed by atoms with Crippen LogP contribution in [0.15, 0.2) is 24.3 Å². The van der Waals surface area contributed by atoms with Gasteiger partial charge in [-0.05, 0) is 30.5 Å². The van der Waals surface area contributed by atoms with Crippen molar-refractivity contribution >= 4 is 23.5 Å². The zero-order valence-electron chi connectivity index (χ0n) is 13.4. The van der Waals surface area contributed by atoms with Gasteiger partial charge >= 0.3 is 11.9 Å². The number of hydrogen-bond acceptors (Lipinski definition) is 5. The van der Waals surface area contributed by atoms with E-state index in [0.29, 0.717) is 30.7 Å². The quantitative estimate of drug-likeness (QED) is 0.581. The molecule has 0 spiro atoms. The normalized spacial score (nSPS) is 16.7. The lowest BCUT2D eigenvalue weighted by Gasteiger charge is -2.34. The molecule has 2 rings (SSSR count). The lowest BCUT2D eigenvalue weighted by atomic mass is 9.70. The second-order valence-corrected chi connectivity index (χ2v) is 6.22. The number of rotatable bonds is 8. The summed E-state index contributed by atoms with van der Waals surface area (Å²) in [5.41, 5.74) is 0.695. The van der Waals surface area contributed by atoms with Crippen molar-refractivity contribution in [2.24, 2.45) is 0 Å². The lowest BCUT2D eigenvalue weighted by Crippen LogP contribution is -2.36. The van der Waals surface area contributed by atoms with Crippen LogP contribution in [0.25, 0.3) is 0 Å².